The van der Waals surface area contributed by atoms with Gasteiger partial charge < -0.3 is 19.3 Å². The van der Waals surface area contributed by atoms with Gasteiger partial charge in [-0.3, -0.25) is 0 Å². The Morgan fingerprint density at radius 3 is 2.38 bits per heavy atom. The van der Waals surface area contributed by atoms with Crippen LogP contribution < -0.4 is 4.90 Å². The molecule has 1 amide bonds. The molecule has 1 fully saturated rings. The maximum Gasteiger partial charge on any atom is 0.410 e. The van der Waals surface area contributed by atoms with Crippen LogP contribution in [-0.4, -0.2) is 60.8 Å². The van der Waals surface area contributed by atoms with Crippen LogP contribution in [-0.2, 0) is 9.47 Å². The number of nitrogens with zero attached hydrogens (tertiary/aromatic N) is 3. The number of esters is 1. The van der Waals surface area contributed by atoms with Gasteiger partial charge in [0.2, 0.25) is 0 Å². The first-order valence-electron chi connectivity index (χ1n) is 7.68. The van der Waals surface area contributed by atoms with E-state index in [1.165, 1.54) is 7.11 Å². The second-order valence-electron chi connectivity index (χ2n) is 6.47. The van der Waals surface area contributed by atoms with E-state index < -0.39 is 11.6 Å². The van der Waals surface area contributed by atoms with E-state index in [9.17, 15) is 9.59 Å². The first-order chi connectivity index (χ1) is 11.2. The van der Waals surface area contributed by atoms with E-state index in [4.69, 9.17) is 9.47 Å². The van der Waals surface area contributed by atoms with Crippen LogP contribution in [0.1, 0.15) is 31.3 Å². The fourth-order valence-electron chi connectivity index (χ4n) is 2.38. The SMILES string of the molecule is COC(=O)c1ncc(Br)cc1N1CCN(C(=O)OC(C)(C)C)CC1. The topological polar surface area (TPSA) is 72.0 Å². The van der Waals surface area contributed by atoms with Gasteiger partial charge in [0.15, 0.2) is 5.69 Å². The molecule has 24 heavy (non-hydrogen) atoms. The van der Waals surface area contributed by atoms with Gasteiger partial charge in [0.25, 0.3) is 0 Å². The summed E-state index contributed by atoms with van der Waals surface area (Å²) >= 11 is 3.38. The van der Waals surface area contributed by atoms with Crippen LogP contribution in [0.5, 0.6) is 0 Å². The van der Waals surface area contributed by atoms with Gasteiger partial charge in [0.05, 0.1) is 12.8 Å². The third-order valence-corrected chi connectivity index (χ3v) is 3.92. The predicted octanol–water partition coefficient (Wildman–Crippen LogP) is 2.69. The highest BCUT2D eigenvalue weighted by atomic mass is 79.9. The molecule has 0 saturated carbocycles. The van der Waals surface area contributed by atoms with E-state index >= 15 is 0 Å². The van der Waals surface area contributed by atoms with Crippen LogP contribution in [0.3, 0.4) is 0 Å². The number of rotatable bonds is 2. The summed E-state index contributed by atoms with van der Waals surface area (Å²) in [7, 11) is 1.33. The highest BCUT2D eigenvalue weighted by Crippen LogP contribution is 2.25. The zero-order chi connectivity index (χ0) is 17.9. The second-order valence-corrected chi connectivity index (χ2v) is 7.38. The molecule has 8 heteroatoms. The number of halogens is 1. The minimum absolute atomic E-state index is 0.270. The maximum absolute atomic E-state index is 12.1. The Balaban J connectivity index is 2.08. The highest BCUT2D eigenvalue weighted by molar-refractivity contribution is 9.10. The van der Waals surface area contributed by atoms with Gasteiger partial charge in [-0.25, -0.2) is 14.6 Å². The smallest absolute Gasteiger partial charge is 0.410 e. The largest absolute Gasteiger partial charge is 0.464 e. The van der Waals surface area contributed by atoms with Crippen LogP contribution in [0.15, 0.2) is 16.7 Å². The van der Waals surface area contributed by atoms with Gasteiger partial charge in [-0.05, 0) is 42.8 Å². The fraction of sp³-hybridized carbons (Fsp3) is 0.562. The molecule has 0 radical (unpaired) electrons. The number of hydrogen-bond acceptors (Lipinski definition) is 6. The average molecular weight is 400 g/mol. The standard InChI is InChI=1S/C16H22BrN3O4/c1-16(2,3)24-15(22)20-7-5-19(6-8-20)12-9-11(17)10-18-13(12)14(21)23-4/h9-10H,5-8H2,1-4H3. The molecule has 0 unspecified atom stereocenters. The van der Waals surface area contributed by atoms with Crippen LogP contribution in [0, 0.1) is 0 Å². The fourth-order valence-corrected chi connectivity index (χ4v) is 2.70. The zero-order valence-corrected chi connectivity index (χ0v) is 15.9. The van der Waals surface area contributed by atoms with Crippen molar-refractivity contribution in [2.24, 2.45) is 0 Å². The molecule has 0 N–H and O–H groups in total. The molecule has 0 spiro atoms. The van der Waals surface area contributed by atoms with E-state index in [0.717, 1.165) is 4.47 Å². The Kier molecular flexibility index (Phi) is 5.69. The summed E-state index contributed by atoms with van der Waals surface area (Å²) in [5.41, 5.74) is 0.451. The second kappa shape index (κ2) is 7.38. The third kappa shape index (κ3) is 4.59. The van der Waals surface area contributed by atoms with E-state index in [1.54, 1.807) is 11.1 Å². The molecular weight excluding hydrogens is 378 g/mol. The molecule has 7 nitrogen and oxygen atoms in total. The molecule has 1 aromatic heterocycles. The number of aromatic nitrogens is 1. The summed E-state index contributed by atoms with van der Waals surface area (Å²) in [4.78, 5) is 31.9. The van der Waals surface area contributed by atoms with E-state index in [1.807, 2.05) is 31.7 Å². The van der Waals surface area contributed by atoms with E-state index in [2.05, 4.69) is 20.9 Å². The first-order valence-corrected chi connectivity index (χ1v) is 8.47. The summed E-state index contributed by atoms with van der Waals surface area (Å²) in [5.74, 6) is -0.480. The van der Waals surface area contributed by atoms with Crippen LogP contribution in [0.2, 0.25) is 0 Å². The number of pyridine rings is 1. The molecule has 2 heterocycles. The Hall–Kier alpha value is -1.83. The van der Waals surface area contributed by atoms with Gasteiger partial charge in [-0.15, -0.1) is 0 Å². The van der Waals surface area contributed by atoms with Crippen molar-refractivity contribution in [1.82, 2.24) is 9.88 Å². The number of carbonyl (C=O) groups excluding carboxylic acids is 2. The van der Waals surface area contributed by atoms with Crippen molar-refractivity contribution in [1.29, 1.82) is 0 Å². The molecule has 132 valence electrons. The average Bonchev–Trinajstić information content (AvgIpc) is 2.52. The predicted molar refractivity (Wildman–Crippen MR) is 93.3 cm³/mol. The molecule has 1 aliphatic heterocycles. The number of hydrogen-bond donors (Lipinski definition) is 0. The van der Waals surface area contributed by atoms with Crippen molar-refractivity contribution in [3.05, 3.63) is 22.4 Å². The Morgan fingerprint density at radius 1 is 1.21 bits per heavy atom. The number of carbonyl (C=O) groups is 2. The number of ether oxygens (including phenoxy) is 2. The molecule has 2 rings (SSSR count). The minimum atomic E-state index is -0.513. The van der Waals surface area contributed by atoms with Crippen LogP contribution >= 0.6 is 15.9 Å². The number of piperazine rings is 1. The monoisotopic (exact) mass is 399 g/mol. The summed E-state index contributed by atoms with van der Waals surface area (Å²) in [6, 6.07) is 1.84. The highest BCUT2D eigenvalue weighted by Gasteiger charge is 2.28. The van der Waals surface area contributed by atoms with Crippen molar-refractivity contribution in [2.75, 3.05) is 38.2 Å². The van der Waals surface area contributed by atoms with Gasteiger partial charge in [0.1, 0.15) is 5.60 Å². The third-order valence-electron chi connectivity index (χ3n) is 3.49. The molecule has 0 atom stereocenters. The number of methoxy groups -OCH3 is 1. The summed E-state index contributed by atoms with van der Waals surface area (Å²) in [6.45, 7) is 7.73. The normalized spacial score (nSPS) is 15.2. The van der Waals surface area contributed by atoms with Crippen LogP contribution in [0.4, 0.5) is 10.5 Å². The summed E-state index contributed by atoms with van der Waals surface area (Å²) in [6.07, 6.45) is 1.25. The molecule has 1 saturated heterocycles. The molecule has 0 aromatic carbocycles. The lowest BCUT2D eigenvalue weighted by molar-refractivity contribution is 0.0240. The van der Waals surface area contributed by atoms with Crippen molar-refractivity contribution in [3.63, 3.8) is 0 Å². The first kappa shape index (κ1) is 18.5. The van der Waals surface area contributed by atoms with Crippen molar-refractivity contribution >= 4 is 33.7 Å². The number of anilines is 1. The van der Waals surface area contributed by atoms with E-state index in [-0.39, 0.29) is 11.8 Å². The van der Waals surface area contributed by atoms with Gasteiger partial charge in [0, 0.05) is 36.8 Å². The van der Waals surface area contributed by atoms with Crippen molar-refractivity contribution in [2.45, 2.75) is 26.4 Å². The lowest BCUT2D eigenvalue weighted by Gasteiger charge is -2.37. The van der Waals surface area contributed by atoms with Crippen molar-refractivity contribution < 1.29 is 19.1 Å². The summed E-state index contributed by atoms with van der Waals surface area (Å²) in [5, 5.41) is 0. The molecular formula is C16H22BrN3O4. The van der Waals surface area contributed by atoms with Crippen molar-refractivity contribution in [3.8, 4) is 0 Å². The van der Waals surface area contributed by atoms with Gasteiger partial charge in [-0.1, -0.05) is 0 Å². The Bertz CT molecular complexity index is 622. The summed E-state index contributed by atoms with van der Waals surface area (Å²) < 4.78 is 11.0. The quantitative estimate of drug-likeness (QED) is 0.711. The molecule has 1 aliphatic rings. The maximum atomic E-state index is 12.1. The lowest BCUT2D eigenvalue weighted by Crippen LogP contribution is -2.50. The zero-order valence-electron chi connectivity index (χ0n) is 14.3. The van der Waals surface area contributed by atoms with Gasteiger partial charge in [-0.2, -0.15) is 0 Å². The molecule has 1 aromatic rings. The molecule has 0 aliphatic carbocycles. The Labute approximate surface area is 150 Å². The van der Waals surface area contributed by atoms with Gasteiger partial charge >= 0.3 is 12.1 Å². The Morgan fingerprint density at radius 2 is 1.83 bits per heavy atom. The minimum Gasteiger partial charge on any atom is -0.464 e. The lowest BCUT2D eigenvalue weighted by atomic mass is 10.2. The van der Waals surface area contributed by atoms with Crippen LogP contribution in [0.25, 0.3) is 0 Å². The van der Waals surface area contributed by atoms with E-state index in [0.29, 0.717) is 31.9 Å². The number of amides is 1. The molecule has 0 bridgehead atoms.